The number of rotatable bonds is 6. The van der Waals surface area contributed by atoms with Crippen molar-refractivity contribution in [2.75, 3.05) is 5.73 Å². The van der Waals surface area contributed by atoms with Gasteiger partial charge in [-0.25, -0.2) is 19.6 Å². The first-order chi connectivity index (χ1) is 19.3. The second-order valence-electron chi connectivity index (χ2n) is 9.27. The molecule has 0 fully saturated rings. The number of benzene rings is 3. The number of halogens is 2. The van der Waals surface area contributed by atoms with Gasteiger partial charge in [-0.05, 0) is 83.4 Å². The molecule has 0 atom stereocenters. The molecule has 0 spiro atoms. The normalized spacial score (nSPS) is 11.6. The van der Waals surface area contributed by atoms with Crippen molar-refractivity contribution in [3.8, 4) is 22.3 Å². The Labute approximate surface area is 226 Å². The number of pyridine rings is 1. The molecule has 1 amide bonds. The molecule has 3 aromatic carbocycles. The van der Waals surface area contributed by atoms with Gasteiger partial charge in [0.05, 0.1) is 12.8 Å². The monoisotopic (exact) mass is 536 g/mol. The van der Waals surface area contributed by atoms with E-state index in [2.05, 4.69) is 4.98 Å². The summed E-state index contributed by atoms with van der Waals surface area (Å²) in [7, 11) is 0. The average molecular weight is 537 g/mol. The highest BCUT2D eigenvalue weighted by atomic mass is 19.1. The van der Waals surface area contributed by atoms with Crippen molar-refractivity contribution in [1.29, 1.82) is 0 Å². The van der Waals surface area contributed by atoms with Gasteiger partial charge in [0.25, 0.3) is 5.91 Å². The number of nitrogen functional groups attached to an aromatic ring is 1. The molecule has 0 aliphatic rings. The molecule has 0 saturated heterocycles. The van der Waals surface area contributed by atoms with Gasteiger partial charge in [-0.1, -0.05) is 6.07 Å². The van der Waals surface area contributed by atoms with Crippen molar-refractivity contribution in [1.82, 2.24) is 9.99 Å². The number of nitrogens with two attached hydrogens (primary N) is 2. The van der Waals surface area contributed by atoms with E-state index in [1.165, 1.54) is 24.4 Å². The summed E-state index contributed by atoms with van der Waals surface area (Å²) >= 11 is 0. The summed E-state index contributed by atoms with van der Waals surface area (Å²) in [6.45, 7) is -0.0422. The van der Waals surface area contributed by atoms with Crippen LogP contribution in [0.5, 0.6) is 0 Å². The number of aromatic nitrogens is 1. The predicted octanol–water partition coefficient (Wildman–Crippen LogP) is 6.68. The molecule has 0 unspecified atom stereocenters. The second kappa shape index (κ2) is 10.1. The Hall–Kier alpha value is -5.28. The Bertz CT molecular complexity index is 1910. The smallest absolute Gasteiger partial charge is 0.260 e. The largest absolute Gasteiger partial charge is 0.464 e. The molecule has 40 heavy (non-hydrogen) atoms. The number of amides is 1. The minimum absolute atomic E-state index is 0.0422. The lowest BCUT2D eigenvalue weighted by Gasteiger charge is -2.12. The van der Waals surface area contributed by atoms with E-state index in [1.54, 1.807) is 36.6 Å². The van der Waals surface area contributed by atoms with Gasteiger partial charge in [0, 0.05) is 40.2 Å². The van der Waals surface area contributed by atoms with E-state index >= 15 is 0 Å². The van der Waals surface area contributed by atoms with Crippen LogP contribution < -0.4 is 11.6 Å². The third kappa shape index (κ3) is 4.93. The summed E-state index contributed by atoms with van der Waals surface area (Å²) in [6, 6.07) is 19.8. The number of furan rings is 2. The molecule has 0 bridgehead atoms. The Balaban J connectivity index is 1.37. The van der Waals surface area contributed by atoms with E-state index in [-0.39, 0.29) is 12.1 Å². The third-order valence-corrected chi connectivity index (χ3v) is 6.51. The van der Waals surface area contributed by atoms with Crippen LogP contribution in [0, 0.1) is 11.6 Å². The molecule has 198 valence electrons. The maximum Gasteiger partial charge on any atom is 0.260 e. The lowest BCUT2D eigenvalue weighted by Crippen LogP contribution is -2.35. The van der Waals surface area contributed by atoms with Crippen molar-refractivity contribution < 1.29 is 22.4 Å². The highest BCUT2D eigenvalue weighted by Crippen LogP contribution is 2.38. The van der Waals surface area contributed by atoms with Crippen LogP contribution in [0.25, 0.3) is 50.3 Å². The minimum Gasteiger partial charge on any atom is -0.464 e. The van der Waals surface area contributed by atoms with Gasteiger partial charge >= 0.3 is 0 Å². The molecule has 4 N–H and O–H groups in total. The van der Waals surface area contributed by atoms with Gasteiger partial charge in [0.1, 0.15) is 34.4 Å². The van der Waals surface area contributed by atoms with Crippen molar-refractivity contribution in [2.45, 2.75) is 6.54 Å². The molecule has 3 aromatic heterocycles. The highest BCUT2D eigenvalue weighted by Gasteiger charge is 2.18. The van der Waals surface area contributed by atoms with Gasteiger partial charge in [-0.3, -0.25) is 9.80 Å². The van der Waals surface area contributed by atoms with E-state index < -0.39 is 17.5 Å². The molecular weight excluding hydrogens is 514 g/mol. The van der Waals surface area contributed by atoms with Crippen LogP contribution >= 0.6 is 0 Å². The number of anilines is 1. The first kappa shape index (κ1) is 25.0. The molecule has 6 rings (SSSR count). The molecular formula is C31H22F2N4O3. The maximum absolute atomic E-state index is 14.9. The molecule has 3 heterocycles. The summed E-state index contributed by atoms with van der Waals surface area (Å²) in [5.74, 6) is 4.94. The fraction of sp³-hybridized carbons (Fsp3) is 0.0323. The molecule has 0 aliphatic carbocycles. The molecule has 7 nitrogen and oxygen atoms in total. The van der Waals surface area contributed by atoms with Crippen molar-refractivity contribution in [2.24, 2.45) is 5.84 Å². The topological polar surface area (TPSA) is 112 Å². The van der Waals surface area contributed by atoms with E-state index in [0.29, 0.717) is 33.7 Å². The van der Waals surface area contributed by atoms with E-state index in [0.717, 1.165) is 33.2 Å². The van der Waals surface area contributed by atoms with Crippen molar-refractivity contribution in [3.05, 3.63) is 114 Å². The van der Waals surface area contributed by atoms with Crippen LogP contribution in [-0.2, 0) is 11.3 Å². The number of hydrogen-bond donors (Lipinski definition) is 2. The quantitative estimate of drug-likeness (QED) is 0.106. The molecule has 6 aromatic rings. The van der Waals surface area contributed by atoms with Crippen molar-refractivity contribution in [3.63, 3.8) is 0 Å². The number of carbonyl (C=O) groups excluding carboxylic acids is 1. The SMILES string of the molecule is Nc1ccc(/C=C/C(=O)N(N)Cc2cc3cc(-c4ccc5occc5c4)cc(-c4ccc(F)cc4F)c3o2)cn1. The lowest BCUT2D eigenvalue weighted by molar-refractivity contribution is -0.127. The fourth-order valence-electron chi connectivity index (χ4n) is 4.53. The van der Waals surface area contributed by atoms with Crippen LogP contribution in [0.15, 0.2) is 100 Å². The number of nitrogens with zero attached hydrogens (tertiary/aromatic N) is 2. The molecule has 0 radical (unpaired) electrons. The molecule has 9 heteroatoms. The second-order valence-corrected chi connectivity index (χ2v) is 9.27. The number of hydrogen-bond acceptors (Lipinski definition) is 6. The zero-order valence-electron chi connectivity index (χ0n) is 21.0. The summed E-state index contributed by atoms with van der Waals surface area (Å²) in [6.07, 6.45) is 6.04. The third-order valence-electron chi connectivity index (χ3n) is 6.51. The molecule has 0 saturated carbocycles. The lowest BCUT2D eigenvalue weighted by atomic mass is 9.96. The minimum atomic E-state index is -0.723. The number of hydrazine groups is 1. The Morgan fingerprint density at radius 1 is 0.925 bits per heavy atom. The van der Waals surface area contributed by atoms with Gasteiger partial charge < -0.3 is 14.6 Å². The Kier molecular flexibility index (Phi) is 6.33. The standard InChI is InChI=1S/C31H22F2N4O3/c32-23-4-5-25(27(33)15-23)26-14-21(19-3-6-28-20(11-19)9-10-39-28)12-22-13-24(40-31(22)26)17-37(35)30(38)8-2-18-1-7-29(34)36-16-18/h1-16H,17,35H2,(H2,34,36)/b8-2+. The summed E-state index contributed by atoms with van der Waals surface area (Å²) in [5.41, 5.74) is 9.70. The predicted molar refractivity (Wildman–Crippen MR) is 149 cm³/mol. The van der Waals surface area contributed by atoms with Gasteiger partial charge in [-0.2, -0.15) is 0 Å². The maximum atomic E-state index is 14.9. The van der Waals surface area contributed by atoms with Gasteiger partial charge in [0.15, 0.2) is 0 Å². The number of fused-ring (bicyclic) bond motifs is 2. The first-order valence-electron chi connectivity index (χ1n) is 12.3. The van der Waals surface area contributed by atoms with Crippen LogP contribution in [0.2, 0.25) is 0 Å². The van der Waals surface area contributed by atoms with Crippen LogP contribution in [0.1, 0.15) is 11.3 Å². The zero-order valence-corrected chi connectivity index (χ0v) is 21.0. The number of carbonyl (C=O) groups is 1. The van der Waals surface area contributed by atoms with E-state index in [1.807, 2.05) is 30.3 Å². The zero-order chi connectivity index (χ0) is 27.8. The van der Waals surface area contributed by atoms with E-state index in [9.17, 15) is 13.6 Å². The average Bonchev–Trinajstić information content (AvgIpc) is 3.58. The Morgan fingerprint density at radius 3 is 2.58 bits per heavy atom. The highest BCUT2D eigenvalue weighted by molar-refractivity contribution is 5.98. The fourth-order valence-corrected chi connectivity index (χ4v) is 4.53. The summed E-state index contributed by atoms with van der Waals surface area (Å²) in [4.78, 5) is 16.6. The van der Waals surface area contributed by atoms with Crippen LogP contribution in [0.4, 0.5) is 14.6 Å². The molecule has 0 aliphatic heterocycles. The van der Waals surface area contributed by atoms with Crippen LogP contribution in [-0.4, -0.2) is 15.9 Å². The van der Waals surface area contributed by atoms with Gasteiger partial charge in [-0.15, -0.1) is 0 Å². The van der Waals surface area contributed by atoms with E-state index in [4.69, 9.17) is 20.4 Å². The van der Waals surface area contributed by atoms with Crippen molar-refractivity contribution >= 4 is 39.7 Å². The summed E-state index contributed by atoms with van der Waals surface area (Å²) < 4.78 is 40.2. The van der Waals surface area contributed by atoms with Gasteiger partial charge in [0.2, 0.25) is 0 Å². The Morgan fingerprint density at radius 2 is 1.77 bits per heavy atom. The van der Waals surface area contributed by atoms with Crippen LogP contribution in [0.3, 0.4) is 0 Å². The first-order valence-corrected chi connectivity index (χ1v) is 12.3. The summed E-state index contributed by atoms with van der Waals surface area (Å²) in [5, 5.41) is 2.59.